The molecular formula is C14H11NO3. The fourth-order valence-electron chi connectivity index (χ4n) is 2.08. The molecule has 1 aromatic carbocycles. The summed E-state index contributed by atoms with van der Waals surface area (Å²) in [6, 6.07) is 8.75. The summed E-state index contributed by atoms with van der Waals surface area (Å²) in [5.41, 5.74) is 7.60. The van der Waals surface area contributed by atoms with Crippen molar-refractivity contribution in [3.05, 3.63) is 52.6 Å². The van der Waals surface area contributed by atoms with Crippen molar-refractivity contribution in [2.75, 3.05) is 5.73 Å². The molecule has 0 spiro atoms. The second-order valence-electron chi connectivity index (χ2n) is 4.12. The van der Waals surface area contributed by atoms with Crippen LogP contribution in [0.25, 0.3) is 22.3 Å². The Balaban J connectivity index is 2.41. The van der Waals surface area contributed by atoms with Crippen LogP contribution in [0.3, 0.4) is 0 Å². The van der Waals surface area contributed by atoms with E-state index in [4.69, 9.17) is 14.6 Å². The minimum Gasteiger partial charge on any atom is -0.464 e. The first kappa shape index (κ1) is 10.7. The lowest BCUT2D eigenvalue weighted by atomic mass is 10.0. The standard InChI is InChI=1S/C14H11NO3/c1-8-10-5-4-9(15)7-12(10)18-14(16)13(8)11-3-2-6-17-11/h2-7H,15H2,1H3. The Morgan fingerprint density at radius 3 is 2.78 bits per heavy atom. The first-order chi connectivity index (χ1) is 8.66. The predicted molar refractivity (Wildman–Crippen MR) is 69.3 cm³/mol. The van der Waals surface area contributed by atoms with Crippen molar-refractivity contribution >= 4 is 16.7 Å². The Morgan fingerprint density at radius 1 is 1.22 bits per heavy atom. The van der Waals surface area contributed by atoms with Crippen LogP contribution in [0.15, 0.2) is 50.2 Å². The number of nitrogen functional groups attached to an aromatic ring is 1. The molecule has 3 rings (SSSR count). The molecule has 0 fully saturated rings. The molecule has 4 nitrogen and oxygen atoms in total. The number of anilines is 1. The van der Waals surface area contributed by atoms with E-state index < -0.39 is 5.63 Å². The van der Waals surface area contributed by atoms with E-state index in [1.807, 2.05) is 13.0 Å². The maximum Gasteiger partial charge on any atom is 0.347 e. The zero-order chi connectivity index (χ0) is 12.7. The molecule has 2 heterocycles. The van der Waals surface area contributed by atoms with Gasteiger partial charge in [0.25, 0.3) is 0 Å². The number of benzene rings is 1. The number of fused-ring (bicyclic) bond motifs is 1. The van der Waals surface area contributed by atoms with Gasteiger partial charge in [0.1, 0.15) is 16.9 Å². The molecule has 0 aliphatic heterocycles. The summed E-state index contributed by atoms with van der Waals surface area (Å²) in [7, 11) is 0. The van der Waals surface area contributed by atoms with Crippen LogP contribution in [0.4, 0.5) is 5.69 Å². The summed E-state index contributed by atoms with van der Waals surface area (Å²) in [6.45, 7) is 1.87. The third-order valence-electron chi connectivity index (χ3n) is 2.96. The number of aryl methyl sites for hydroxylation is 1. The third kappa shape index (κ3) is 1.50. The average molecular weight is 241 g/mol. The summed E-state index contributed by atoms with van der Waals surface area (Å²) in [5.74, 6) is 0.514. The number of hydrogen-bond donors (Lipinski definition) is 1. The van der Waals surface area contributed by atoms with Gasteiger partial charge in [0.05, 0.1) is 6.26 Å². The highest BCUT2D eigenvalue weighted by molar-refractivity contribution is 5.87. The average Bonchev–Trinajstić information content (AvgIpc) is 2.82. The van der Waals surface area contributed by atoms with Crippen LogP contribution in [0.5, 0.6) is 0 Å². The zero-order valence-corrected chi connectivity index (χ0v) is 9.77. The second-order valence-corrected chi connectivity index (χ2v) is 4.12. The zero-order valence-electron chi connectivity index (χ0n) is 9.77. The first-order valence-electron chi connectivity index (χ1n) is 5.53. The van der Waals surface area contributed by atoms with Crippen LogP contribution in [0.1, 0.15) is 5.56 Å². The van der Waals surface area contributed by atoms with E-state index in [9.17, 15) is 4.79 Å². The van der Waals surface area contributed by atoms with E-state index >= 15 is 0 Å². The first-order valence-corrected chi connectivity index (χ1v) is 5.53. The third-order valence-corrected chi connectivity index (χ3v) is 2.96. The summed E-state index contributed by atoms with van der Waals surface area (Å²) >= 11 is 0. The fourth-order valence-corrected chi connectivity index (χ4v) is 2.08. The number of hydrogen-bond acceptors (Lipinski definition) is 4. The van der Waals surface area contributed by atoms with Crippen molar-refractivity contribution < 1.29 is 8.83 Å². The Morgan fingerprint density at radius 2 is 2.06 bits per heavy atom. The van der Waals surface area contributed by atoms with Gasteiger partial charge in [0.15, 0.2) is 0 Å². The Bertz CT molecular complexity index is 770. The lowest BCUT2D eigenvalue weighted by Gasteiger charge is -2.05. The minimum absolute atomic E-state index is 0.416. The Hall–Kier alpha value is -2.49. The molecule has 0 saturated heterocycles. The summed E-state index contributed by atoms with van der Waals surface area (Å²) in [4.78, 5) is 12.0. The van der Waals surface area contributed by atoms with Gasteiger partial charge in [-0.05, 0) is 36.8 Å². The summed E-state index contributed by atoms with van der Waals surface area (Å²) in [6.07, 6.45) is 1.53. The van der Waals surface area contributed by atoms with Crippen molar-refractivity contribution in [2.45, 2.75) is 6.92 Å². The van der Waals surface area contributed by atoms with E-state index in [1.165, 1.54) is 6.26 Å². The SMILES string of the molecule is Cc1c(-c2ccco2)c(=O)oc2cc(N)ccc12. The molecule has 0 atom stereocenters. The molecule has 0 saturated carbocycles. The van der Waals surface area contributed by atoms with Crippen molar-refractivity contribution in [3.8, 4) is 11.3 Å². The lowest BCUT2D eigenvalue weighted by molar-refractivity contribution is 0.546. The molecule has 2 aromatic heterocycles. The molecule has 0 aliphatic carbocycles. The highest BCUT2D eigenvalue weighted by Crippen LogP contribution is 2.27. The molecule has 18 heavy (non-hydrogen) atoms. The Labute approximate surface area is 103 Å². The van der Waals surface area contributed by atoms with E-state index in [-0.39, 0.29) is 0 Å². The quantitative estimate of drug-likeness (QED) is 0.525. The normalized spacial score (nSPS) is 10.9. The topological polar surface area (TPSA) is 69.4 Å². The van der Waals surface area contributed by atoms with E-state index in [2.05, 4.69) is 0 Å². The van der Waals surface area contributed by atoms with Gasteiger partial charge in [-0.1, -0.05) is 0 Å². The van der Waals surface area contributed by atoms with Crippen molar-refractivity contribution in [1.29, 1.82) is 0 Å². The molecule has 0 unspecified atom stereocenters. The van der Waals surface area contributed by atoms with Crippen LogP contribution in [0, 0.1) is 6.92 Å². The largest absolute Gasteiger partial charge is 0.464 e. The Kier molecular flexibility index (Phi) is 2.23. The van der Waals surface area contributed by atoms with Gasteiger partial charge in [0.2, 0.25) is 0 Å². The van der Waals surface area contributed by atoms with Crippen molar-refractivity contribution in [2.24, 2.45) is 0 Å². The maximum absolute atomic E-state index is 12.0. The molecule has 4 heteroatoms. The highest BCUT2D eigenvalue weighted by atomic mass is 16.4. The number of furan rings is 1. The molecule has 3 aromatic rings. The molecule has 0 radical (unpaired) electrons. The molecule has 2 N–H and O–H groups in total. The molecule has 0 amide bonds. The van der Waals surface area contributed by atoms with Crippen molar-refractivity contribution in [3.63, 3.8) is 0 Å². The van der Waals surface area contributed by atoms with Gasteiger partial charge >= 0.3 is 5.63 Å². The van der Waals surface area contributed by atoms with Crippen molar-refractivity contribution in [1.82, 2.24) is 0 Å². The van der Waals surface area contributed by atoms with Crippen LogP contribution in [-0.2, 0) is 0 Å². The second kappa shape index (κ2) is 3.77. The molecular weight excluding hydrogens is 230 g/mol. The van der Waals surface area contributed by atoms with E-state index in [0.29, 0.717) is 22.6 Å². The van der Waals surface area contributed by atoms with Gasteiger partial charge < -0.3 is 14.6 Å². The van der Waals surface area contributed by atoms with E-state index in [1.54, 1.807) is 24.3 Å². The van der Waals surface area contributed by atoms with Gasteiger partial charge in [0, 0.05) is 17.1 Å². The van der Waals surface area contributed by atoms with Gasteiger partial charge in [-0.3, -0.25) is 0 Å². The number of nitrogens with two attached hydrogens (primary N) is 1. The predicted octanol–water partition coefficient (Wildman–Crippen LogP) is 2.94. The van der Waals surface area contributed by atoms with Gasteiger partial charge in [-0.25, -0.2) is 4.79 Å². The monoisotopic (exact) mass is 241 g/mol. The highest BCUT2D eigenvalue weighted by Gasteiger charge is 2.15. The van der Waals surface area contributed by atoms with Crippen LogP contribution >= 0.6 is 0 Å². The van der Waals surface area contributed by atoms with Crippen LogP contribution in [0.2, 0.25) is 0 Å². The van der Waals surface area contributed by atoms with Crippen LogP contribution < -0.4 is 11.4 Å². The van der Waals surface area contributed by atoms with Crippen LogP contribution in [-0.4, -0.2) is 0 Å². The number of rotatable bonds is 1. The lowest BCUT2D eigenvalue weighted by Crippen LogP contribution is -2.05. The van der Waals surface area contributed by atoms with Gasteiger partial charge in [-0.15, -0.1) is 0 Å². The summed E-state index contributed by atoms with van der Waals surface area (Å²) < 4.78 is 10.6. The smallest absolute Gasteiger partial charge is 0.347 e. The fraction of sp³-hybridized carbons (Fsp3) is 0.0714. The van der Waals surface area contributed by atoms with Gasteiger partial charge in [-0.2, -0.15) is 0 Å². The van der Waals surface area contributed by atoms with E-state index in [0.717, 1.165) is 10.9 Å². The molecule has 0 aliphatic rings. The molecule has 0 bridgehead atoms. The molecule has 90 valence electrons. The summed E-state index contributed by atoms with van der Waals surface area (Å²) in [5, 5.41) is 0.857. The minimum atomic E-state index is -0.416. The maximum atomic E-state index is 12.0.